The van der Waals surface area contributed by atoms with Crippen LogP contribution >= 0.6 is 0 Å². The van der Waals surface area contributed by atoms with Gasteiger partial charge in [0, 0.05) is 25.3 Å². The molecule has 0 aromatic carbocycles. The second kappa shape index (κ2) is 7.54. The van der Waals surface area contributed by atoms with Gasteiger partial charge in [0.1, 0.15) is 17.8 Å². The number of rotatable bonds is 5. The number of hydrogen-bond acceptors (Lipinski definition) is 5. The highest BCUT2D eigenvalue weighted by Crippen LogP contribution is 2.20. The lowest BCUT2D eigenvalue weighted by Gasteiger charge is -2.23. The Bertz CT molecular complexity index is 497. The molecule has 2 fully saturated rings. The van der Waals surface area contributed by atoms with Crippen LogP contribution in [0.5, 0.6) is 0 Å². The summed E-state index contributed by atoms with van der Waals surface area (Å²) in [5.74, 6) is 0.578. The third kappa shape index (κ3) is 4.16. The second-order valence-electron chi connectivity index (χ2n) is 6.11. The molecule has 22 heavy (non-hydrogen) atoms. The molecule has 120 valence electrons. The first-order valence-corrected chi connectivity index (χ1v) is 8.29. The van der Waals surface area contributed by atoms with E-state index in [0.29, 0.717) is 18.3 Å². The Balaban J connectivity index is 1.53. The summed E-state index contributed by atoms with van der Waals surface area (Å²) in [6.07, 6.45) is 9.86. The molecule has 1 aliphatic carbocycles. The van der Waals surface area contributed by atoms with E-state index < -0.39 is 0 Å². The van der Waals surface area contributed by atoms with Crippen LogP contribution in [-0.4, -0.2) is 41.2 Å². The van der Waals surface area contributed by atoms with Gasteiger partial charge in [0.2, 0.25) is 0 Å². The number of hydrogen-bond donors (Lipinski definition) is 2. The van der Waals surface area contributed by atoms with E-state index in [9.17, 15) is 4.79 Å². The Morgan fingerprint density at radius 2 is 2.05 bits per heavy atom. The Hall–Kier alpha value is -1.69. The van der Waals surface area contributed by atoms with E-state index in [1.807, 2.05) is 0 Å². The molecule has 1 atom stereocenters. The van der Waals surface area contributed by atoms with Crippen molar-refractivity contribution in [1.82, 2.24) is 15.3 Å². The van der Waals surface area contributed by atoms with Crippen LogP contribution in [0.3, 0.4) is 0 Å². The summed E-state index contributed by atoms with van der Waals surface area (Å²) in [6, 6.07) is 2.20. The number of nitrogens with zero attached hydrogens (tertiary/aromatic N) is 2. The molecule has 0 spiro atoms. The van der Waals surface area contributed by atoms with Gasteiger partial charge in [-0.2, -0.15) is 0 Å². The van der Waals surface area contributed by atoms with E-state index in [0.717, 1.165) is 25.3 Å². The van der Waals surface area contributed by atoms with Gasteiger partial charge < -0.3 is 15.4 Å². The smallest absolute Gasteiger partial charge is 0.270 e. The molecular formula is C16H24N4O2. The van der Waals surface area contributed by atoms with Crippen molar-refractivity contribution in [2.45, 2.75) is 57.1 Å². The first-order chi connectivity index (χ1) is 10.8. The topological polar surface area (TPSA) is 76.1 Å². The van der Waals surface area contributed by atoms with E-state index in [1.165, 1.54) is 38.4 Å². The second-order valence-corrected chi connectivity index (χ2v) is 6.11. The highest BCUT2D eigenvalue weighted by Gasteiger charge is 2.18. The third-order valence-corrected chi connectivity index (χ3v) is 4.37. The van der Waals surface area contributed by atoms with E-state index in [4.69, 9.17) is 4.74 Å². The van der Waals surface area contributed by atoms with Crippen LogP contribution in [-0.2, 0) is 4.74 Å². The summed E-state index contributed by atoms with van der Waals surface area (Å²) in [5.41, 5.74) is 0.409. The minimum atomic E-state index is -0.162. The Morgan fingerprint density at radius 3 is 2.82 bits per heavy atom. The fourth-order valence-electron chi connectivity index (χ4n) is 3.12. The number of carbonyl (C=O) groups is 1. The van der Waals surface area contributed by atoms with Crippen LogP contribution in [0.1, 0.15) is 55.4 Å². The van der Waals surface area contributed by atoms with Gasteiger partial charge in [0.25, 0.3) is 5.91 Å². The molecule has 3 rings (SSSR count). The van der Waals surface area contributed by atoms with Crippen molar-refractivity contribution in [2.24, 2.45) is 0 Å². The molecule has 2 heterocycles. The van der Waals surface area contributed by atoms with Crippen molar-refractivity contribution in [3.05, 3.63) is 18.1 Å². The van der Waals surface area contributed by atoms with Crippen LogP contribution in [0.15, 0.2) is 12.4 Å². The average molecular weight is 304 g/mol. The molecule has 0 radical (unpaired) electrons. The summed E-state index contributed by atoms with van der Waals surface area (Å²) in [5, 5.41) is 6.31. The van der Waals surface area contributed by atoms with Crippen molar-refractivity contribution in [1.29, 1.82) is 0 Å². The number of nitrogens with one attached hydrogen (secondary N) is 2. The predicted molar refractivity (Wildman–Crippen MR) is 83.8 cm³/mol. The average Bonchev–Trinajstić information content (AvgIpc) is 3.07. The van der Waals surface area contributed by atoms with Gasteiger partial charge in [-0.1, -0.05) is 19.3 Å². The zero-order chi connectivity index (χ0) is 15.2. The Labute approximate surface area is 131 Å². The first kappa shape index (κ1) is 15.2. The maximum absolute atomic E-state index is 12.2. The highest BCUT2D eigenvalue weighted by molar-refractivity contribution is 5.92. The Kier molecular flexibility index (Phi) is 5.21. The minimum absolute atomic E-state index is 0.144. The molecule has 1 amide bonds. The van der Waals surface area contributed by atoms with Gasteiger partial charge in [-0.05, 0) is 25.7 Å². The van der Waals surface area contributed by atoms with Gasteiger partial charge in [0.15, 0.2) is 0 Å². The monoisotopic (exact) mass is 304 g/mol. The van der Waals surface area contributed by atoms with Gasteiger partial charge in [-0.25, -0.2) is 9.97 Å². The molecule has 1 aliphatic heterocycles. The lowest BCUT2D eigenvalue weighted by Crippen LogP contribution is -2.32. The number of anilines is 1. The van der Waals surface area contributed by atoms with Crippen molar-refractivity contribution >= 4 is 11.7 Å². The van der Waals surface area contributed by atoms with Crippen LogP contribution in [0.2, 0.25) is 0 Å². The van der Waals surface area contributed by atoms with Gasteiger partial charge >= 0.3 is 0 Å². The molecule has 2 N–H and O–H groups in total. The minimum Gasteiger partial charge on any atom is -0.376 e. The largest absolute Gasteiger partial charge is 0.376 e. The summed E-state index contributed by atoms with van der Waals surface area (Å²) in [7, 11) is 0. The molecule has 6 heteroatoms. The molecule has 1 saturated carbocycles. The highest BCUT2D eigenvalue weighted by atomic mass is 16.5. The molecule has 1 unspecified atom stereocenters. The quantitative estimate of drug-likeness (QED) is 0.871. The maximum atomic E-state index is 12.2. The van der Waals surface area contributed by atoms with Crippen molar-refractivity contribution in [3.8, 4) is 0 Å². The van der Waals surface area contributed by atoms with Gasteiger partial charge in [-0.3, -0.25) is 4.79 Å². The number of carbonyl (C=O) groups excluding carboxylic acids is 1. The van der Waals surface area contributed by atoms with Crippen molar-refractivity contribution in [2.75, 3.05) is 18.5 Å². The predicted octanol–water partition coefficient (Wildman–Crippen LogP) is 2.13. The van der Waals surface area contributed by atoms with E-state index in [1.54, 1.807) is 6.07 Å². The van der Waals surface area contributed by atoms with E-state index >= 15 is 0 Å². The van der Waals surface area contributed by atoms with Crippen LogP contribution in [0.25, 0.3) is 0 Å². The zero-order valence-corrected chi connectivity index (χ0v) is 12.9. The number of amides is 1. The Morgan fingerprint density at radius 1 is 1.18 bits per heavy atom. The van der Waals surface area contributed by atoms with E-state index in [-0.39, 0.29) is 12.0 Å². The summed E-state index contributed by atoms with van der Waals surface area (Å²) in [4.78, 5) is 20.5. The normalized spacial score (nSPS) is 22.5. The van der Waals surface area contributed by atoms with Crippen LogP contribution in [0.4, 0.5) is 5.82 Å². The SMILES string of the molecule is O=C(NCC1CCCO1)c1cc(NC2CCCCC2)ncn1. The van der Waals surface area contributed by atoms with Crippen LogP contribution < -0.4 is 10.6 Å². The first-order valence-electron chi connectivity index (χ1n) is 8.29. The lowest BCUT2D eigenvalue weighted by molar-refractivity contribution is 0.0853. The summed E-state index contributed by atoms with van der Waals surface area (Å²) in [6.45, 7) is 1.34. The fraction of sp³-hybridized carbons (Fsp3) is 0.688. The van der Waals surface area contributed by atoms with Gasteiger partial charge in [-0.15, -0.1) is 0 Å². The molecule has 1 aromatic heterocycles. The lowest BCUT2D eigenvalue weighted by atomic mass is 9.95. The number of ether oxygens (including phenoxy) is 1. The summed E-state index contributed by atoms with van der Waals surface area (Å²) < 4.78 is 5.50. The molecule has 1 saturated heterocycles. The molecule has 0 bridgehead atoms. The van der Waals surface area contributed by atoms with E-state index in [2.05, 4.69) is 20.6 Å². The van der Waals surface area contributed by atoms with Crippen molar-refractivity contribution in [3.63, 3.8) is 0 Å². The third-order valence-electron chi connectivity index (χ3n) is 4.37. The number of aromatic nitrogens is 2. The molecule has 1 aromatic rings. The fourth-order valence-corrected chi connectivity index (χ4v) is 3.12. The van der Waals surface area contributed by atoms with Crippen LogP contribution in [0, 0.1) is 0 Å². The molecule has 2 aliphatic rings. The zero-order valence-electron chi connectivity index (χ0n) is 12.9. The van der Waals surface area contributed by atoms with Crippen molar-refractivity contribution < 1.29 is 9.53 Å². The molecule has 6 nitrogen and oxygen atoms in total. The summed E-state index contributed by atoms with van der Waals surface area (Å²) >= 11 is 0. The maximum Gasteiger partial charge on any atom is 0.270 e. The standard InChI is InChI=1S/C16H24N4O2/c21-16(17-10-13-7-4-8-22-13)14-9-15(19-11-18-14)20-12-5-2-1-3-6-12/h9,11-13H,1-8,10H2,(H,17,21)(H,18,19,20). The molecular weight excluding hydrogens is 280 g/mol. The van der Waals surface area contributed by atoms with Gasteiger partial charge in [0.05, 0.1) is 6.10 Å².